The zero-order valence-electron chi connectivity index (χ0n) is 13.8. The van der Waals surface area contributed by atoms with Crippen molar-refractivity contribution in [1.29, 1.82) is 0 Å². The van der Waals surface area contributed by atoms with Crippen LogP contribution in [0.5, 0.6) is 11.5 Å². The first-order valence-corrected chi connectivity index (χ1v) is 8.59. The number of halogens is 3. The maximum atomic E-state index is 12.6. The van der Waals surface area contributed by atoms with Crippen LogP contribution in [0.1, 0.15) is 17.3 Å². The van der Waals surface area contributed by atoms with Crippen molar-refractivity contribution in [3.8, 4) is 11.5 Å². The van der Waals surface area contributed by atoms with Gasteiger partial charge in [-0.05, 0) is 42.6 Å². The number of hydrogen-bond acceptors (Lipinski definition) is 5. The van der Waals surface area contributed by atoms with E-state index >= 15 is 0 Å². The summed E-state index contributed by atoms with van der Waals surface area (Å²) in [4.78, 5) is 25.1. The number of ether oxygens (including phenoxy) is 1. The standard InChI is InChI=1S/C17H13F3N2O4S/c1-2-22-11-7-8-27-14(11)13(23)12(16(22)25)15(24)21-9-3-5-10(6-4-9)26-17(18,19)20/h3-8,23H,2H2,1H3,(H,21,24). The van der Waals surface area contributed by atoms with Crippen LogP contribution in [0.25, 0.3) is 10.2 Å². The Morgan fingerprint density at radius 2 is 1.93 bits per heavy atom. The van der Waals surface area contributed by atoms with Gasteiger partial charge in [-0.3, -0.25) is 9.59 Å². The first-order chi connectivity index (χ1) is 12.7. The van der Waals surface area contributed by atoms with Crippen LogP contribution in [0.4, 0.5) is 18.9 Å². The second kappa shape index (κ2) is 6.95. The lowest BCUT2D eigenvalue weighted by Crippen LogP contribution is -2.29. The van der Waals surface area contributed by atoms with E-state index < -0.39 is 34.9 Å². The van der Waals surface area contributed by atoms with Gasteiger partial charge in [-0.2, -0.15) is 0 Å². The van der Waals surface area contributed by atoms with Gasteiger partial charge < -0.3 is 19.7 Å². The van der Waals surface area contributed by atoms with Gasteiger partial charge in [0.15, 0.2) is 5.75 Å². The zero-order valence-corrected chi connectivity index (χ0v) is 14.6. The van der Waals surface area contributed by atoms with Gasteiger partial charge in [0.1, 0.15) is 11.3 Å². The van der Waals surface area contributed by atoms with E-state index in [2.05, 4.69) is 10.1 Å². The zero-order chi connectivity index (χ0) is 19.8. The number of nitrogens with zero attached hydrogens (tertiary/aromatic N) is 1. The molecule has 142 valence electrons. The number of amides is 1. The van der Waals surface area contributed by atoms with Crippen LogP contribution in [0.3, 0.4) is 0 Å². The molecule has 6 nitrogen and oxygen atoms in total. The fourth-order valence-corrected chi connectivity index (χ4v) is 3.45. The van der Waals surface area contributed by atoms with E-state index in [1.165, 1.54) is 28.0 Å². The summed E-state index contributed by atoms with van der Waals surface area (Å²) < 4.78 is 42.0. The van der Waals surface area contributed by atoms with Gasteiger partial charge in [0, 0.05) is 12.2 Å². The number of benzene rings is 1. The lowest BCUT2D eigenvalue weighted by Gasteiger charge is -2.12. The van der Waals surface area contributed by atoms with Crippen molar-refractivity contribution in [2.75, 3.05) is 5.32 Å². The molecule has 2 aromatic heterocycles. The number of fused-ring (bicyclic) bond motifs is 1. The summed E-state index contributed by atoms with van der Waals surface area (Å²) >= 11 is 1.18. The van der Waals surface area contributed by atoms with Crippen LogP contribution in [0, 0.1) is 0 Å². The number of nitrogens with one attached hydrogen (secondary N) is 1. The quantitative estimate of drug-likeness (QED) is 0.698. The lowest BCUT2D eigenvalue weighted by atomic mass is 10.2. The predicted molar refractivity (Wildman–Crippen MR) is 94.5 cm³/mol. The number of alkyl halides is 3. The molecule has 0 aliphatic heterocycles. The molecule has 0 fully saturated rings. The van der Waals surface area contributed by atoms with E-state index in [9.17, 15) is 27.9 Å². The Morgan fingerprint density at radius 3 is 2.52 bits per heavy atom. The predicted octanol–water partition coefficient (Wildman–Crippen LogP) is 3.94. The number of thiophene rings is 1. The van der Waals surface area contributed by atoms with Gasteiger partial charge in [-0.25, -0.2) is 0 Å². The minimum absolute atomic E-state index is 0.141. The molecule has 2 N–H and O–H groups in total. The third-order valence-corrected chi connectivity index (χ3v) is 4.65. The van der Waals surface area contributed by atoms with Gasteiger partial charge in [0.05, 0.1) is 10.2 Å². The van der Waals surface area contributed by atoms with Crippen molar-refractivity contribution in [2.24, 2.45) is 0 Å². The molecule has 3 rings (SSSR count). The summed E-state index contributed by atoms with van der Waals surface area (Å²) in [5, 5.41) is 14.4. The van der Waals surface area contributed by atoms with E-state index in [0.717, 1.165) is 12.1 Å². The molecule has 3 aromatic rings. The number of aryl methyl sites for hydroxylation is 1. The number of aromatic nitrogens is 1. The van der Waals surface area contributed by atoms with Crippen molar-refractivity contribution >= 4 is 33.1 Å². The Morgan fingerprint density at radius 1 is 1.26 bits per heavy atom. The summed E-state index contributed by atoms with van der Waals surface area (Å²) in [6.07, 6.45) is -4.82. The molecule has 1 amide bonds. The number of pyridine rings is 1. The third kappa shape index (κ3) is 3.75. The van der Waals surface area contributed by atoms with Crippen molar-refractivity contribution in [2.45, 2.75) is 19.8 Å². The molecule has 0 saturated carbocycles. The molecular formula is C17H13F3N2O4S. The Kier molecular flexibility index (Phi) is 4.83. The molecule has 2 heterocycles. The summed E-state index contributed by atoms with van der Waals surface area (Å²) in [5.74, 6) is -1.74. The third-order valence-electron chi connectivity index (χ3n) is 3.74. The molecule has 0 aliphatic rings. The molecule has 0 spiro atoms. The van der Waals surface area contributed by atoms with Crippen molar-refractivity contribution < 1.29 is 27.8 Å². The van der Waals surface area contributed by atoms with Crippen molar-refractivity contribution in [3.63, 3.8) is 0 Å². The first kappa shape index (κ1) is 18.8. The highest BCUT2D eigenvalue weighted by atomic mass is 32.1. The van der Waals surface area contributed by atoms with Gasteiger partial charge in [-0.15, -0.1) is 24.5 Å². The summed E-state index contributed by atoms with van der Waals surface area (Å²) in [6, 6.07) is 6.10. The molecule has 0 atom stereocenters. The minimum atomic E-state index is -4.82. The summed E-state index contributed by atoms with van der Waals surface area (Å²) in [6.45, 7) is 2.03. The van der Waals surface area contributed by atoms with Crippen molar-refractivity contribution in [3.05, 3.63) is 51.6 Å². The Balaban J connectivity index is 1.92. The molecule has 0 bridgehead atoms. The highest BCUT2D eigenvalue weighted by molar-refractivity contribution is 7.17. The minimum Gasteiger partial charge on any atom is -0.505 e. The van der Waals surface area contributed by atoms with E-state index in [1.807, 2.05) is 0 Å². The Hall–Kier alpha value is -3.01. The van der Waals surface area contributed by atoms with Gasteiger partial charge >= 0.3 is 6.36 Å². The summed E-state index contributed by atoms with van der Waals surface area (Å²) in [5.41, 5.74) is -0.421. The van der Waals surface area contributed by atoms with Crippen LogP contribution in [-0.2, 0) is 6.54 Å². The van der Waals surface area contributed by atoms with Crippen LogP contribution < -0.4 is 15.6 Å². The van der Waals surface area contributed by atoms with Crippen LogP contribution in [-0.4, -0.2) is 21.9 Å². The van der Waals surface area contributed by atoms with Gasteiger partial charge in [-0.1, -0.05) is 0 Å². The van der Waals surface area contributed by atoms with Crippen molar-refractivity contribution in [1.82, 2.24) is 4.57 Å². The fraction of sp³-hybridized carbons (Fsp3) is 0.176. The molecule has 0 unspecified atom stereocenters. The molecule has 0 radical (unpaired) electrons. The number of hydrogen-bond donors (Lipinski definition) is 2. The highest BCUT2D eigenvalue weighted by Gasteiger charge is 2.31. The van der Waals surface area contributed by atoms with Gasteiger partial charge in [0.25, 0.3) is 11.5 Å². The smallest absolute Gasteiger partial charge is 0.505 e. The maximum Gasteiger partial charge on any atom is 0.573 e. The number of carbonyl (C=O) groups excluding carboxylic acids is 1. The number of aromatic hydroxyl groups is 1. The summed E-state index contributed by atoms with van der Waals surface area (Å²) in [7, 11) is 0. The first-order valence-electron chi connectivity index (χ1n) is 7.71. The van der Waals surface area contributed by atoms with E-state index in [0.29, 0.717) is 16.8 Å². The molecule has 27 heavy (non-hydrogen) atoms. The monoisotopic (exact) mass is 398 g/mol. The lowest BCUT2D eigenvalue weighted by molar-refractivity contribution is -0.274. The van der Waals surface area contributed by atoms with E-state index in [1.54, 1.807) is 18.4 Å². The van der Waals surface area contributed by atoms with E-state index in [4.69, 9.17) is 0 Å². The number of rotatable bonds is 4. The average Bonchev–Trinajstić information content (AvgIpc) is 3.05. The molecule has 0 saturated heterocycles. The molecular weight excluding hydrogens is 385 g/mol. The largest absolute Gasteiger partial charge is 0.573 e. The second-order valence-electron chi connectivity index (χ2n) is 5.43. The maximum absolute atomic E-state index is 12.6. The van der Waals surface area contributed by atoms with Crippen LogP contribution in [0.15, 0.2) is 40.5 Å². The number of carbonyl (C=O) groups is 1. The second-order valence-corrected chi connectivity index (χ2v) is 6.35. The van der Waals surface area contributed by atoms with Crippen LogP contribution in [0.2, 0.25) is 0 Å². The Bertz CT molecular complexity index is 1050. The topological polar surface area (TPSA) is 80.6 Å². The molecule has 10 heteroatoms. The molecule has 0 aliphatic carbocycles. The Labute approximate surface area is 154 Å². The highest BCUT2D eigenvalue weighted by Crippen LogP contribution is 2.31. The molecule has 1 aromatic carbocycles. The van der Waals surface area contributed by atoms with Gasteiger partial charge in [0.2, 0.25) is 0 Å². The van der Waals surface area contributed by atoms with E-state index in [-0.39, 0.29) is 5.69 Å². The normalized spacial score (nSPS) is 11.6. The van der Waals surface area contributed by atoms with Crippen LogP contribution >= 0.6 is 11.3 Å². The number of anilines is 1. The average molecular weight is 398 g/mol. The SMILES string of the molecule is CCn1c(=O)c(C(=O)Nc2ccc(OC(F)(F)F)cc2)c(O)c2sccc21. The fourth-order valence-electron chi connectivity index (χ4n) is 2.60.